The number of aliphatic imine (C=N–C) groups is 2. The zero-order valence-electron chi connectivity index (χ0n) is 19.6. The van der Waals surface area contributed by atoms with Crippen molar-refractivity contribution in [3.63, 3.8) is 0 Å². The van der Waals surface area contributed by atoms with Crippen LogP contribution in [-0.2, 0) is 27.8 Å². The third-order valence-corrected chi connectivity index (χ3v) is 6.32. The van der Waals surface area contributed by atoms with Gasteiger partial charge in [-0.05, 0) is 29.8 Å². The summed E-state index contributed by atoms with van der Waals surface area (Å²) in [7, 11) is -1.02. The number of nitrogens with zero attached hydrogens (tertiary/aromatic N) is 4. The zero-order chi connectivity index (χ0) is 26.7. The van der Waals surface area contributed by atoms with E-state index in [4.69, 9.17) is 0 Å². The van der Waals surface area contributed by atoms with E-state index in [0.717, 1.165) is 16.1 Å². The molecule has 1 aliphatic rings. The number of hydrogen-bond acceptors (Lipinski definition) is 6. The fourth-order valence-electron chi connectivity index (χ4n) is 3.20. The van der Waals surface area contributed by atoms with E-state index in [9.17, 15) is 26.4 Å². The Morgan fingerprint density at radius 1 is 1.31 bits per heavy atom. The second kappa shape index (κ2) is 10.4. The number of amides is 1. The number of anilines is 3. The summed E-state index contributed by atoms with van der Waals surface area (Å²) < 4.78 is 65.4. The average molecular weight is 524 g/mol. The summed E-state index contributed by atoms with van der Waals surface area (Å²) in [5.74, 6) is -0.803. The van der Waals surface area contributed by atoms with Crippen molar-refractivity contribution in [2.24, 2.45) is 9.98 Å². The number of nitrogens with one attached hydrogen (secondary N) is 3. The monoisotopic (exact) mass is 523 g/mol. The van der Waals surface area contributed by atoms with Gasteiger partial charge in [0.1, 0.15) is 11.7 Å². The van der Waals surface area contributed by atoms with Crippen LogP contribution in [0.2, 0.25) is 0 Å². The first-order valence-corrected chi connectivity index (χ1v) is 12.3. The van der Waals surface area contributed by atoms with Crippen LogP contribution in [0, 0.1) is 0 Å². The Balaban J connectivity index is 1.88. The second-order valence-electron chi connectivity index (χ2n) is 7.78. The number of halogens is 3. The van der Waals surface area contributed by atoms with Gasteiger partial charge in [0, 0.05) is 37.2 Å². The Labute approximate surface area is 206 Å². The minimum absolute atomic E-state index is 0.0320. The molecular formula is C22H24F3N7O3S. The maximum Gasteiger partial charge on any atom is 0.419 e. The van der Waals surface area contributed by atoms with E-state index in [1.807, 2.05) is 0 Å². The Kier molecular flexibility index (Phi) is 7.67. The average Bonchev–Trinajstić information content (AvgIpc) is 3.18. The van der Waals surface area contributed by atoms with Crippen LogP contribution in [0.3, 0.4) is 0 Å². The van der Waals surface area contributed by atoms with Gasteiger partial charge in [0.05, 0.1) is 24.8 Å². The number of benzene rings is 1. The summed E-state index contributed by atoms with van der Waals surface area (Å²) in [6.45, 7) is 2.79. The van der Waals surface area contributed by atoms with E-state index in [-0.39, 0.29) is 36.2 Å². The van der Waals surface area contributed by atoms with Crippen molar-refractivity contribution in [1.82, 2.24) is 10.3 Å². The van der Waals surface area contributed by atoms with Crippen molar-refractivity contribution in [1.29, 1.82) is 0 Å². The summed E-state index contributed by atoms with van der Waals surface area (Å²) in [6.07, 6.45) is -2.27. The molecule has 1 aliphatic heterocycles. The molecule has 36 heavy (non-hydrogen) atoms. The summed E-state index contributed by atoms with van der Waals surface area (Å²) in [5, 5.41) is 8.08. The first-order valence-electron chi connectivity index (χ1n) is 10.4. The lowest BCUT2D eigenvalue weighted by molar-refractivity contribution is -0.115. The summed E-state index contributed by atoms with van der Waals surface area (Å²) in [4.78, 5) is 23.6. The molecule has 3 rings (SSSR count). The number of pyridine rings is 1. The Hall–Kier alpha value is -3.94. The quantitative estimate of drug-likeness (QED) is 0.395. The molecule has 1 amide bonds. The summed E-state index contributed by atoms with van der Waals surface area (Å²) in [5.41, 5.74) is 0.898. The number of sulfonamides is 1. The van der Waals surface area contributed by atoms with Crippen LogP contribution in [0.25, 0.3) is 0 Å². The van der Waals surface area contributed by atoms with Crippen molar-refractivity contribution in [3.05, 3.63) is 59.8 Å². The van der Waals surface area contributed by atoms with Crippen LogP contribution in [0.4, 0.5) is 30.4 Å². The topological polar surface area (TPSA) is 128 Å². The van der Waals surface area contributed by atoms with E-state index in [2.05, 4.69) is 37.5 Å². The van der Waals surface area contributed by atoms with Gasteiger partial charge < -0.3 is 16.0 Å². The van der Waals surface area contributed by atoms with Gasteiger partial charge in [-0.15, -0.1) is 0 Å². The minimum atomic E-state index is -4.80. The molecule has 1 aromatic carbocycles. The molecule has 0 saturated carbocycles. The SMILES string of the molecule is C=C(C(=NCc1cccnc1N(C)S(C)(=O)=O)NC(=NC)Nc1ccc2c(c1)CC(=O)N2)C(F)(F)F. The molecular weight excluding hydrogens is 499 g/mol. The molecule has 0 unspecified atom stereocenters. The van der Waals surface area contributed by atoms with Gasteiger partial charge in [-0.1, -0.05) is 12.6 Å². The van der Waals surface area contributed by atoms with Crippen LogP contribution >= 0.6 is 0 Å². The number of carbonyl (C=O) groups is 1. The van der Waals surface area contributed by atoms with Crippen molar-refractivity contribution in [2.75, 3.05) is 35.3 Å². The molecule has 2 aromatic rings. The number of alkyl halides is 3. The van der Waals surface area contributed by atoms with E-state index in [0.29, 0.717) is 11.4 Å². The van der Waals surface area contributed by atoms with Crippen LogP contribution in [-0.4, -0.2) is 57.6 Å². The number of rotatable bonds is 6. The molecule has 0 atom stereocenters. The zero-order valence-corrected chi connectivity index (χ0v) is 20.5. The third kappa shape index (κ3) is 6.38. The lowest BCUT2D eigenvalue weighted by atomic mass is 10.1. The van der Waals surface area contributed by atoms with E-state index in [1.54, 1.807) is 18.2 Å². The molecule has 2 heterocycles. The maximum atomic E-state index is 13.5. The van der Waals surface area contributed by atoms with Gasteiger partial charge >= 0.3 is 6.18 Å². The number of carbonyl (C=O) groups excluding carboxylic acids is 1. The minimum Gasteiger partial charge on any atom is -0.326 e. The van der Waals surface area contributed by atoms with E-state index in [1.165, 1.54) is 32.4 Å². The normalized spacial score (nSPS) is 14.2. The number of hydrogen-bond donors (Lipinski definition) is 3. The first kappa shape index (κ1) is 26.7. The van der Waals surface area contributed by atoms with Gasteiger partial charge in [-0.25, -0.2) is 13.4 Å². The standard InChI is InChI=1S/C22H24F3N7O3S/c1-13(22(23,24)25)19(28-12-14-6-5-9-27-20(14)32(3)36(4,34)35)31-21(26-2)29-16-7-8-17-15(10-16)11-18(33)30-17/h5-10H,1,11-12H2,2-4H3,(H,30,33)(H2,26,28,29,31). The first-order chi connectivity index (χ1) is 16.8. The number of fused-ring (bicyclic) bond motifs is 1. The highest BCUT2D eigenvalue weighted by Gasteiger charge is 2.36. The van der Waals surface area contributed by atoms with Crippen molar-refractivity contribution < 1.29 is 26.4 Å². The van der Waals surface area contributed by atoms with Crippen molar-refractivity contribution >= 4 is 44.9 Å². The molecule has 0 fully saturated rings. The fraction of sp³-hybridized carbons (Fsp3) is 0.273. The highest BCUT2D eigenvalue weighted by Crippen LogP contribution is 2.27. The predicted molar refractivity (Wildman–Crippen MR) is 133 cm³/mol. The van der Waals surface area contributed by atoms with Crippen LogP contribution < -0.4 is 20.3 Å². The molecule has 0 bridgehead atoms. The molecule has 1 aromatic heterocycles. The van der Waals surface area contributed by atoms with Crippen molar-refractivity contribution in [3.8, 4) is 0 Å². The highest BCUT2D eigenvalue weighted by molar-refractivity contribution is 7.92. The lowest BCUT2D eigenvalue weighted by Crippen LogP contribution is -2.39. The summed E-state index contributed by atoms with van der Waals surface area (Å²) >= 11 is 0. The fourth-order valence-corrected chi connectivity index (χ4v) is 3.68. The van der Waals surface area contributed by atoms with E-state index >= 15 is 0 Å². The van der Waals surface area contributed by atoms with Gasteiger partial charge in [-0.2, -0.15) is 13.2 Å². The molecule has 0 aliphatic carbocycles. The molecule has 10 nitrogen and oxygen atoms in total. The summed E-state index contributed by atoms with van der Waals surface area (Å²) in [6, 6.07) is 8.01. The predicted octanol–water partition coefficient (Wildman–Crippen LogP) is 2.68. The third-order valence-electron chi connectivity index (χ3n) is 5.15. The highest BCUT2D eigenvalue weighted by atomic mass is 32.2. The molecule has 0 radical (unpaired) electrons. The molecule has 0 spiro atoms. The number of aromatic nitrogens is 1. The van der Waals surface area contributed by atoms with Crippen LogP contribution in [0.15, 0.2) is 58.7 Å². The number of amidine groups is 1. The second-order valence-corrected chi connectivity index (χ2v) is 9.79. The Morgan fingerprint density at radius 2 is 2.03 bits per heavy atom. The largest absolute Gasteiger partial charge is 0.419 e. The van der Waals surface area contributed by atoms with E-state index < -0.39 is 27.6 Å². The van der Waals surface area contributed by atoms with Crippen molar-refractivity contribution in [2.45, 2.75) is 19.1 Å². The van der Waals surface area contributed by atoms with Gasteiger partial charge in [0.25, 0.3) is 0 Å². The van der Waals surface area contributed by atoms with Gasteiger partial charge in [0.15, 0.2) is 0 Å². The molecule has 3 N–H and O–H groups in total. The molecule has 0 saturated heterocycles. The molecule has 192 valence electrons. The Morgan fingerprint density at radius 3 is 2.67 bits per heavy atom. The van der Waals surface area contributed by atoms with Gasteiger partial charge in [-0.3, -0.25) is 19.1 Å². The van der Waals surface area contributed by atoms with Crippen LogP contribution in [0.5, 0.6) is 0 Å². The maximum absolute atomic E-state index is 13.5. The lowest BCUT2D eigenvalue weighted by Gasteiger charge is -2.19. The van der Waals surface area contributed by atoms with Gasteiger partial charge in [0.2, 0.25) is 21.9 Å². The smallest absolute Gasteiger partial charge is 0.326 e. The number of guanidine groups is 1. The van der Waals surface area contributed by atoms with Crippen LogP contribution in [0.1, 0.15) is 11.1 Å². The Bertz CT molecular complexity index is 1350. The molecule has 14 heteroatoms.